The van der Waals surface area contributed by atoms with Crippen molar-refractivity contribution in [2.24, 2.45) is 11.0 Å². The van der Waals surface area contributed by atoms with Gasteiger partial charge in [0.05, 0.1) is 24.8 Å². The first kappa shape index (κ1) is 19.8. The number of rotatable bonds is 5. The number of carbonyl (C=O) groups excluding carboxylic acids is 3. The highest BCUT2D eigenvalue weighted by Gasteiger charge is 2.35. The zero-order valence-electron chi connectivity index (χ0n) is 15.1. The summed E-state index contributed by atoms with van der Waals surface area (Å²) in [5.41, 5.74) is 4.38. The van der Waals surface area contributed by atoms with Crippen molar-refractivity contribution < 1.29 is 19.1 Å². The number of benzene rings is 2. The first-order valence-corrected chi connectivity index (χ1v) is 9.34. The summed E-state index contributed by atoms with van der Waals surface area (Å²) in [7, 11) is 1.32. The molecule has 1 atom stereocenters. The molecule has 28 heavy (non-hydrogen) atoms. The molecule has 0 unspecified atom stereocenters. The lowest BCUT2D eigenvalue weighted by molar-refractivity contribution is -0.126. The number of hydrazone groups is 1. The molecule has 1 saturated heterocycles. The molecular formula is C20H18BrN3O4. The van der Waals surface area contributed by atoms with Crippen LogP contribution in [0.3, 0.4) is 0 Å². The van der Waals surface area contributed by atoms with E-state index in [2.05, 4.69) is 31.2 Å². The van der Waals surface area contributed by atoms with Crippen LogP contribution in [0.2, 0.25) is 0 Å². The van der Waals surface area contributed by atoms with E-state index in [-0.39, 0.29) is 18.2 Å². The summed E-state index contributed by atoms with van der Waals surface area (Å²) in [4.78, 5) is 37.6. The number of amides is 2. The van der Waals surface area contributed by atoms with Crippen molar-refractivity contribution >= 4 is 45.6 Å². The predicted molar refractivity (Wildman–Crippen MR) is 108 cm³/mol. The number of methoxy groups -OCH3 is 1. The molecule has 3 rings (SSSR count). The van der Waals surface area contributed by atoms with Crippen LogP contribution < -0.4 is 10.3 Å². The minimum atomic E-state index is -0.463. The summed E-state index contributed by atoms with van der Waals surface area (Å²) in [5, 5.41) is 3.94. The first-order chi connectivity index (χ1) is 13.5. The molecule has 0 bridgehead atoms. The number of carbonyl (C=O) groups is 3. The Balaban J connectivity index is 1.56. The van der Waals surface area contributed by atoms with E-state index < -0.39 is 11.9 Å². The monoisotopic (exact) mass is 443 g/mol. The molecule has 2 aromatic rings. The normalized spacial score (nSPS) is 16.4. The van der Waals surface area contributed by atoms with Crippen LogP contribution in [0.15, 0.2) is 58.1 Å². The number of anilines is 1. The van der Waals surface area contributed by atoms with Gasteiger partial charge in [0.1, 0.15) is 0 Å². The van der Waals surface area contributed by atoms with E-state index in [4.69, 9.17) is 0 Å². The molecule has 2 amide bonds. The number of esters is 1. The lowest BCUT2D eigenvalue weighted by Gasteiger charge is -2.16. The van der Waals surface area contributed by atoms with Gasteiger partial charge in [-0.25, -0.2) is 10.2 Å². The Labute approximate surface area is 170 Å². The molecule has 144 valence electrons. The summed E-state index contributed by atoms with van der Waals surface area (Å²) in [6, 6.07) is 14.0. The molecule has 0 radical (unpaired) electrons. The minimum absolute atomic E-state index is 0.0927. The summed E-state index contributed by atoms with van der Waals surface area (Å²) < 4.78 is 5.56. The molecule has 0 spiro atoms. The van der Waals surface area contributed by atoms with Crippen LogP contribution in [0.5, 0.6) is 0 Å². The zero-order valence-corrected chi connectivity index (χ0v) is 16.7. The highest BCUT2D eigenvalue weighted by Crippen LogP contribution is 2.26. The van der Waals surface area contributed by atoms with Gasteiger partial charge in [0.2, 0.25) is 11.8 Å². The van der Waals surface area contributed by atoms with Crippen molar-refractivity contribution in [3.63, 3.8) is 0 Å². The smallest absolute Gasteiger partial charge is 0.337 e. The number of hydrogen-bond donors (Lipinski definition) is 1. The van der Waals surface area contributed by atoms with E-state index >= 15 is 0 Å². The largest absolute Gasteiger partial charge is 0.465 e. The van der Waals surface area contributed by atoms with Crippen molar-refractivity contribution in [3.8, 4) is 0 Å². The van der Waals surface area contributed by atoms with E-state index in [1.807, 2.05) is 24.3 Å². The van der Waals surface area contributed by atoms with Gasteiger partial charge >= 0.3 is 5.97 Å². The summed E-state index contributed by atoms with van der Waals surface area (Å²) in [6.45, 7) is 0.315. The van der Waals surface area contributed by atoms with Crippen molar-refractivity contribution in [1.29, 1.82) is 0 Å². The summed E-state index contributed by atoms with van der Waals surface area (Å²) in [6.07, 6.45) is 1.62. The summed E-state index contributed by atoms with van der Waals surface area (Å²) in [5.74, 6) is -1.28. The molecular weight excluding hydrogens is 426 g/mol. The van der Waals surface area contributed by atoms with Gasteiger partial charge in [0.15, 0.2) is 0 Å². The highest BCUT2D eigenvalue weighted by atomic mass is 79.9. The Morgan fingerprint density at radius 2 is 1.86 bits per heavy atom. The maximum atomic E-state index is 12.3. The van der Waals surface area contributed by atoms with Crippen molar-refractivity contribution in [2.45, 2.75) is 6.42 Å². The minimum Gasteiger partial charge on any atom is -0.465 e. The van der Waals surface area contributed by atoms with Crippen molar-refractivity contribution in [2.75, 3.05) is 18.6 Å². The predicted octanol–water partition coefficient (Wildman–Crippen LogP) is 2.74. The van der Waals surface area contributed by atoms with Gasteiger partial charge in [-0.15, -0.1) is 0 Å². The van der Waals surface area contributed by atoms with E-state index in [0.29, 0.717) is 17.7 Å². The lowest BCUT2D eigenvalue weighted by atomic mass is 10.1. The number of hydrogen-bond acceptors (Lipinski definition) is 5. The molecule has 7 nitrogen and oxygen atoms in total. The van der Waals surface area contributed by atoms with Crippen LogP contribution in [0.4, 0.5) is 5.69 Å². The molecule has 0 saturated carbocycles. The number of halogens is 1. The molecule has 1 aliphatic rings. The molecule has 1 aliphatic heterocycles. The maximum Gasteiger partial charge on any atom is 0.337 e. The second-order valence-electron chi connectivity index (χ2n) is 6.23. The molecule has 2 aromatic carbocycles. The van der Waals surface area contributed by atoms with Gasteiger partial charge < -0.3 is 9.64 Å². The average Bonchev–Trinajstić information content (AvgIpc) is 3.10. The van der Waals surface area contributed by atoms with Crippen LogP contribution in [0.1, 0.15) is 22.3 Å². The van der Waals surface area contributed by atoms with Crippen LogP contribution >= 0.6 is 15.9 Å². The Morgan fingerprint density at radius 3 is 2.50 bits per heavy atom. The van der Waals surface area contributed by atoms with E-state index in [1.165, 1.54) is 13.3 Å². The molecule has 8 heteroatoms. The van der Waals surface area contributed by atoms with E-state index in [0.717, 1.165) is 10.2 Å². The van der Waals surface area contributed by atoms with Crippen LogP contribution in [-0.2, 0) is 14.3 Å². The maximum absolute atomic E-state index is 12.3. The average molecular weight is 444 g/mol. The topological polar surface area (TPSA) is 88.1 Å². The molecule has 0 aliphatic carbocycles. The van der Waals surface area contributed by atoms with Crippen molar-refractivity contribution in [3.05, 3.63) is 64.1 Å². The second kappa shape index (κ2) is 8.79. The van der Waals surface area contributed by atoms with E-state index in [9.17, 15) is 14.4 Å². The Bertz CT molecular complexity index is 910. The fourth-order valence-electron chi connectivity index (χ4n) is 2.84. The number of nitrogens with one attached hydrogen (secondary N) is 1. The second-order valence-corrected chi connectivity index (χ2v) is 7.15. The fourth-order valence-corrected chi connectivity index (χ4v) is 3.10. The third-order valence-corrected chi connectivity index (χ3v) is 4.88. The van der Waals surface area contributed by atoms with Crippen LogP contribution in [0, 0.1) is 5.92 Å². The zero-order chi connectivity index (χ0) is 20.1. The Morgan fingerprint density at radius 1 is 1.18 bits per heavy atom. The number of nitrogens with zero attached hydrogens (tertiary/aromatic N) is 2. The third-order valence-electron chi connectivity index (χ3n) is 4.35. The molecule has 1 heterocycles. The quantitative estimate of drug-likeness (QED) is 0.437. The molecule has 0 aromatic heterocycles. The standard InChI is InChI=1S/C20H18BrN3O4/c1-28-20(27)14-4-2-13(3-5-14)11-22-23-19(26)15-10-18(25)24(12-15)17-8-6-16(21)7-9-17/h2-9,11,15H,10,12H2,1H3,(H,23,26)/b22-11-/t15-/m1/s1. The molecule has 1 N–H and O–H groups in total. The third kappa shape index (κ3) is 4.64. The van der Waals surface area contributed by atoms with Gasteiger partial charge in [0, 0.05) is 23.1 Å². The Kier molecular flexibility index (Phi) is 6.20. The fraction of sp³-hybridized carbons (Fsp3) is 0.200. The van der Waals surface area contributed by atoms with Gasteiger partial charge in [-0.05, 0) is 42.0 Å². The first-order valence-electron chi connectivity index (χ1n) is 8.55. The lowest BCUT2D eigenvalue weighted by Crippen LogP contribution is -2.30. The van der Waals surface area contributed by atoms with Gasteiger partial charge in [-0.1, -0.05) is 28.1 Å². The van der Waals surface area contributed by atoms with Crippen molar-refractivity contribution in [1.82, 2.24) is 5.43 Å². The summed E-state index contributed by atoms with van der Waals surface area (Å²) >= 11 is 3.36. The molecule has 1 fully saturated rings. The highest BCUT2D eigenvalue weighted by molar-refractivity contribution is 9.10. The van der Waals surface area contributed by atoms with Gasteiger partial charge in [0.25, 0.3) is 0 Å². The Hall–Kier alpha value is -3.00. The van der Waals surface area contributed by atoms with E-state index in [1.54, 1.807) is 29.2 Å². The SMILES string of the molecule is COC(=O)c1ccc(/C=N\NC(=O)[C@@H]2CC(=O)N(c3ccc(Br)cc3)C2)cc1. The van der Waals surface area contributed by atoms with Crippen LogP contribution in [0.25, 0.3) is 0 Å². The van der Waals surface area contributed by atoms with Gasteiger partial charge in [-0.3, -0.25) is 9.59 Å². The van der Waals surface area contributed by atoms with Crippen LogP contribution in [-0.4, -0.2) is 37.7 Å². The van der Waals surface area contributed by atoms with Gasteiger partial charge in [-0.2, -0.15) is 5.10 Å². The number of ether oxygens (including phenoxy) is 1.